The van der Waals surface area contributed by atoms with Crippen molar-refractivity contribution in [3.63, 3.8) is 0 Å². The maximum absolute atomic E-state index is 10.3. The Morgan fingerprint density at radius 2 is 0.392 bits per heavy atom. The van der Waals surface area contributed by atoms with Crippen molar-refractivity contribution in [2.45, 2.75) is 6.92 Å². The predicted octanol–water partition coefficient (Wildman–Crippen LogP) is -1.98. The normalized spacial score (nSPS) is 9.42. The molecule has 0 fully saturated rings. The van der Waals surface area contributed by atoms with Gasteiger partial charge in [-0.2, -0.15) is 5.26 Å². The molecule has 0 atom stereocenters. The van der Waals surface area contributed by atoms with Gasteiger partial charge in [-0.1, -0.05) is 194 Å². The molecule has 0 aliphatic rings. The van der Waals surface area contributed by atoms with Crippen LogP contribution in [0.1, 0.15) is 6.92 Å². The Hall–Kier alpha value is -3.69. The topological polar surface area (TPSA) is 448 Å². The first-order chi connectivity index (χ1) is 32.3. The van der Waals surface area contributed by atoms with E-state index >= 15 is 0 Å². The fraction of sp³-hybridized carbons (Fsp3) is 0.0200. The monoisotopic (exact) mass is 1320 g/mol. The number of hydrogen-bond acceptors (Lipinski definition) is 13. The first kappa shape index (κ1) is 94.6. The fourth-order valence-corrected chi connectivity index (χ4v) is 12.4. The van der Waals surface area contributed by atoms with E-state index < -0.39 is 37.6 Å². The standard InChI is InChI=1S/C24H20P.4C6H7O3P.C2H3N.FH.6O.4V/c1-5-13-21(14-6-1)25(22-15-7-2-8-16-22,23-17-9-3-10-18-23)24-19-11-4-12-20-24;4*7-10(8,9)6-4-2-1-3-5-6;1-2-3;;;;;;;;;;;/h1-20H;4*1-5H,(H2,7,8,9);1H3;1H;;;;;;;;;;/q+1;;;;;;;6*-2;;;;/p-9. The molecule has 0 spiro atoms. The van der Waals surface area contributed by atoms with Crippen molar-refractivity contribution in [1.82, 2.24) is 0 Å². The van der Waals surface area contributed by atoms with Crippen molar-refractivity contribution in [2.24, 2.45) is 0 Å². The predicted molar refractivity (Wildman–Crippen MR) is 261 cm³/mol. The third kappa shape index (κ3) is 33.1. The molecule has 428 valence electrons. The molecule has 0 aliphatic carbocycles. The molecule has 0 aliphatic heterocycles. The Kier molecular flexibility index (Phi) is 57.3. The molecule has 4 radical (unpaired) electrons. The van der Waals surface area contributed by atoms with E-state index in [-0.39, 0.29) is 133 Å². The van der Waals surface area contributed by atoms with E-state index in [1.54, 1.807) is 30.3 Å². The second-order valence-corrected chi connectivity index (χ2v) is 23.0. The summed E-state index contributed by atoms with van der Waals surface area (Å²) in [6, 6.07) is 74.5. The van der Waals surface area contributed by atoms with Crippen LogP contribution in [0.5, 0.6) is 0 Å². The largest absolute Gasteiger partial charge is 2.00 e. The van der Waals surface area contributed by atoms with Gasteiger partial charge in [0.1, 0.15) is 28.5 Å². The molecule has 0 saturated heterocycles. The minimum absolute atomic E-state index is 0. The Morgan fingerprint density at radius 1 is 0.291 bits per heavy atom. The van der Waals surface area contributed by atoms with Gasteiger partial charge in [0.15, 0.2) is 0 Å². The van der Waals surface area contributed by atoms with E-state index in [0.29, 0.717) is 0 Å². The Labute approximate surface area is 506 Å². The minimum atomic E-state index is -4.52. The molecule has 8 aromatic carbocycles. The van der Waals surface area contributed by atoms with Crippen LogP contribution in [0.15, 0.2) is 243 Å². The average molecular weight is 1320 g/mol. The van der Waals surface area contributed by atoms with Crippen molar-refractivity contribution in [2.75, 3.05) is 0 Å². The maximum Gasteiger partial charge on any atom is 0.144 e. The summed E-state index contributed by atoms with van der Waals surface area (Å²) in [5.74, 6) is 0. The molecule has 0 unspecified atom stereocenters. The maximum atomic E-state index is 10.3. The molecule has 0 saturated carbocycles. The first-order valence-electron chi connectivity index (χ1n) is 20.0. The van der Waals surface area contributed by atoms with Crippen LogP contribution >= 0.6 is 37.6 Å². The van der Waals surface area contributed by atoms with Crippen LogP contribution in [0.4, 0.5) is 0 Å². The molecule has 0 amide bonds. The van der Waals surface area contributed by atoms with E-state index in [2.05, 4.69) is 121 Å². The number of hydrogen-bond donors (Lipinski definition) is 0. The second kappa shape index (κ2) is 47.9. The van der Waals surface area contributed by atoms with Crippen LogP contribution < -0.4 is 86.3 Å². The summed E-state index contributed by atoms with van der Waals surface area (Å²) >= 11 is 0. The van der Waals surface area contributed by atoms with Crippen molar-refractivity contribution in [3.05, 3.63) is 243 Å². The summed E-state index contributed by atoms with van der Waals surface area (Å²) < 4.78 is 41.2. The van der Waals surface area contributed by atoms with Crippen LogP contribution in [0.2, 0.25) is 0 Å². The molecule has 8 rings (SSSR count). The Morgan fingerprint density at radius 3 is 0.481 bits per heavy atom. The summed E-state index contributed by atoms with van der Waals surface area (Å²) in [6.45, 7) is 1.43. The van der Waals surface area contributed by atoms with Crippen LogP contribution in [-0.4, -0.2) is 0 Å². The van der Waals surface area contributed by atoms with E-state index in [9.17, 15) is 57.4 Å². The Bertz CT molecular complexity index is 2530. The molecular weight excluding hydrogens is 1280 g/mol. The fourth-order valence-electron chi connectivity index (χ4n) is 5.94. The quantitative estimate of drug-likeness (QED) is 0.149. The van der Waals surface area contributed by atoms with E-state index in [4.69, 9.17) is 5.26 Å². The molecule has 0 aromatic heterocycles. The van der Waals surface area contributed by atoms with Crippen molar-refractivity contribution in [1.29, 1.82) is 5.26 Å². The molecule has 0 N–H and O–H groups in total. The average Bonchev–Trinajstić information content (AvgIpc) is 3.34. The number of halogens is 1. The van der Waals surface area contributed by atoms with E-state index in [1.807, 2.05) is 0 Å². The number of benzene rings is 8. The van der Waals surface area contributed by atoms with Gasteiger partial charge >= 0.3 is 0 Å². The van der Waals surface area contributed by atoms with Gasteiger partial charge < -0.3 is 95.0 Å². The summed E-state index contributed by atoms with van der Waals surface area (Å²) in [5.41, 5.74) is 0. The van der Waals surface area contributed by atoms with Gasteiger partial charge in [-0.05, 0) is 100 Å². The van der Waals surface area contributed by atoms with Gasteiger partial charge in [0.25, 0.3) is 0 Å². The second-order valence-electron chi connectivity index (χ2n) is 13.6. The molecule has 0 heterocycles. The van der Waals surface area contributed by atoms with Gasteiger partial charge in [-0.25, -0.2) is 0 Å². The summed E-state index contributed by atoms with van der Waals surface area (Å²) in [7, 11) is -20.0. The van der Waals surface area contributed by atoms with Crippen molar-refractivity contribution < 1.29 is 169 Å². The molecule has 29 heteroatoms. The van der Waals surface area contributed by atoms with E-state index in [0.717, 1.165) is 0 Å². The molecular formula is C50H43FNO18P5V4-20. The van der Waals surface area contributed by atoms with Gasteiger partial charge in [0.2, 0.25) is 0 Å². The third-order valence-electron chi connectivity index (χ3n) is 8.86. The zero-order valence-electron chi connectivity index (χ0n) is 40.8. The Balaban J connectivity index is -0.000000112. The smallest absolute Gasteiger partial charge is 0.144 e. The molecule has 19 nitrogen and oxygen atoms in total. The van der Waals surface area contributed by atoms with Gasteiger partial charge in [0, 0.05) is 81.1 Å². The zero-order valence-corrected chi connectivity index (χ0v) is 50.9. The van der Waals surface area contributed by atoms with Crippen molar-refractivity contribution >= 4 is 80.1 Å². The van der Waals surface area contributed by atoms with E-state index in [1.165, 1.54) is 125 Å². The molecule has 8 aromatic rings. The summed E-state index contributed by atoms with van der Waals surface area (Å²) in [4.78, 5) is 82.4. The van der Waals surface area contributed by atoms with Crippen LogP contribution in [0.3, 0.4) is 0 Å². The van der Waals surface area contributed by atoms with Gasteiger partial charge in [-0.3, -0.25) is 0 Å². The van der Waals surface area contributed by atoms with Gasteiger partial charge in [-0.15, -0.1) is 0 Å². The third-order valence-corrected chi connectivity index (χ3v) is 16.9. The first-order valence-corrected chi connectivity index (χ1v) is 27.9. The van der Waals surface area contributed by atoms with Gasteiger partial charge in [0.05, 0.1) is 6.07 Å². The summed E-state index contributed by atoms with van der Waals surface area (Å²) in [5, 5.41) is 12.2. The van der Waals surface area contributed by atoms with Crippen LogP contribution in [0, 0.1) is 11.3 Å². The number of rotatable bonds is 8. The molecule has 79 heavy (non-hydrogen) atoms. The summed E-state index contributed by atoms with van der Waals surface area (Å²) in [6.07, 6.45) is 0. The SMILES string of the molecule is CC#N.O=P([O-])([O-])c1ccccc1.O=P([O-])([O-])c1ccccc1.O=P([O-])([O-])c1ccccc1.O=P([O-])([O-])c1ccccc1.[F-].[O-2].[O-2].[O-2].[O-2].[O-2].[O-2].[V].[V].[V].[V].c1ccc([P+](c2ccccc2)(c2ccccc2)c2ccccc2)cc1. The number of nitrogens with zero attached hydrogens (tertiary/aromatic N) is 1. The van der Waals surface area contributed by atoms with Crippen LogP contribution in [-0.2, 0) is 125 Å². The molecule has 0 bridgehead atoms. The minimum Gasteiger partial charge on any atom is -2.00 e. The number of nitriles is 1. The van der Waals surface area contributed by atoms with Crippen LogP contribution in [0.25, 0.3) is 0 Å². The van der Waals surface area contributed by atoms with Crippen molar-refractivity contribution in [3.8, 4) is 6.07 Å². The zero-order chi connectivity index (χ0) is 50.1.